The van der Waals surface area contributed by atoms with Crippen LogP contribution in [-0.2, 0) is 20.7 Å². The number of benzene rings is 1. The third kappa shape index (κ3) is 3.50. The summed E-state index contributed by atoms with van der Waals surface area (Å²) in [7, 11) is 1.57. The average molecular weight is 267 g/mol. The maximum absolute atomic E-state index is 11.3. The van der Waals surface area contributed by atoms with Crippen LogP contribution in [0.2, 0.25) is 5.02 Å². The van der Waals surface area contributed by atoms with E-state index in [-0.39, 0.29) is 12.1 Å². The van der Waals surface area contributed by atoms with Crippen molar-refractivity contribution in [3.8, 4) is 0 Å². The first-order valence-corrected chi connectivity index (χ1v) is 6.25. The van der Waals surface area contributed by atoms with E-state index in [1.807, 2.05) is 24.3 Å². The molecule has 2 rings (SSSR count). The predicted molar refractivity (Wildman–Crippen MR) is 69.4 cm³/mol. The van der Waals surface area contributed by atoms with E-state index < -0.39 is 0 Å². The molecule has 1 atom stereocenters. The lowest BCUT2D eigenvalue weighted by Crippen LogP contribution is -2.23. The van der Waals surface area contributed by atoms with Crippen LogP contribution in [0.5, 0.6) is 0 Å². The van der Waals surface area contributed by atoms with Crippen molar-refractivity contribution in [2.45, 2.75) is 25.4 Å². The van der Waals surface area contributed by atoms with E-state index in [1.54, 1.807) is 7.11 Å². The molecule has 0 spiro atoms. The highest BCUT2D eigenvalue weighted by Gasteiger charge is 2.21. The summed E-state index contributed by atoms with van der Waals surface area (Å²) in [5, 5.41) is 0.727. The van der Waals surface area contributed by atoms with Gasteiger partial charge >= 0.3 is 5.97 Å². The zero-order valence-electron chi connectivity index (χ0n) is 10.2. The third-order valence-corrected chi connectivity index (χ3v) is 3.13. The summed E-state index contributed by atoms with van der Waals surface area (Å²) < 4.78 is 10.3. The summed E-state index contributed by atoms with van der Waals surface area (Å²) in [6, 6.07) is 7.71. The number of hydrogen-bond donors (Lipinski definition) is 0. The van der Waals surface area contributed by atoms with E-state index in [9.17, 15) is 4.79 Å². The maximum Gasteiger partial charge on any atom is 0.334 e. The fraction of sp³-hybridized carbons (Fsp3) is 0.357. The largest absolute Gasteiger partial charge is 0.501 e. The highest BCUT2D eigenvalue weighted by molar-refractivity contribution is 6.30. The highest BCUT2D eigenvalue weighted by Crippen LogP contribution is 2.21. The molecule has 0 saturated carbocycles. The van der Waals surface area contributed by atoms with Crippen LogP contribution in [-0.4, -0.2) is 19.2 Å². The number of methoxy groups -OCH3 is 1. The molecular formula is C14H15ClO3. The minimum absolute atomic E-state index is 0.114. The van der Waals surface area contributed by atoms with Crippen LogP contribution in [0.1, 0.15) is 18.4 Å². The van der Waals surface area contributed by atoms with Gasteiger partial charge in [-0.2, -0.15) is 0 Å². The smallest absolute Gasteiger partial charge is 0.334 e. The minimum atomic E-state index is -0.325. The van der Waals surface area contributed by atoms with E-state index in [0.717, 1.165) is 23.4 Å². The summed E-state index contributed by atoms with van der Waals surface area (Å²) >= 11 is 5.92. The van der Waals surface area contributed by atoms with E-state index in [0.29, 0.717) is 12.2 Å². The Hall–Kier alpha value is -1.48. The van der Waals surface area contributed by atoms with Crippen molar-refractivity contribution in [1.29, 1.82) is 0 Å². The normalized spacial score (nSPS) is 19.1. The number of cyclic esters (lactones) is 1. The monoisotopic (exact) mass is 266 g/mol. The van der Waals surface area contributed by atoms with Gasteiger partial charge in [0, 0.05) is 11.4 Å². The molecule has 3 nitrogen and oxygen atoms in total. The molecule has 18 heavy (non-hydrogen) atoms. The molecule has 0 fully saturated rings. The van der Waals surface area contributed by atoms with E-state index >= 15 is 0 Å². The lowest BCUT2D eigenvalue weighted by molar-refractivity contribution is -0.145. The SMILES string of the molecule is COC1=CC(=O)OC(CCc2cccc(Cl)c2)C1. The van der Waals surface area contributed by atoms with Crippen LogP contribution in [0, 0.1) is 0 Å². The van der Waals surface area contributed by atoms with Gasteiger partial charge in [0.15, 0.2) is 0 Å². The van der Waals surface area contributed by atoms with E-state index in [1.165, 1.54) is 6.08 Å². The Morgan fingerprint density at radius 2 is 2.33 bits per heavy atom. The van der Waals surface area contributed by atoms with E-state index in [4.69, 9.17) is 21.1 Å². The van der Waals surface area contributed by atoms with Crippen LogP contribution >= 0.6 is 11.6 Å². The topological polar surface area (TPSA) is 35.5 Å². The molecule has 1 unspecified atom stereocenters. The Labute approximate surface area is 111 Å². The molecule has 1 aromatic carbocycles. The first-order chi connectivity index (χ1) is 8.67. The summed E-state index contributed by atoms with van der Waals surface area (Å²) in [6.45, 7) is 0. The highest BCUT2D eigenvalue weighted by atomic mass is 35.5. The van der Waals surface area contributed by atoms with Gasteiger partial charge in [-0.25, -0.2) is 4.79 Å². The second-order valence-electron chi connectivity index (χ2n) is 4.25. The number of halogens is 1. The molecule has 1 aliphatic heterocycles. The van der Waals surface area contributed by atoms with Gasteiger partial charge in [-0.05, 0) is 30.5 Å². The molecule has 4 heteroatoms. The Morgan fingerprint density at radius 3 is 3.06 bits per heavy atom. The van der Waals surface area contributed by atoms with Crippen molar-refractivity contribution in [2.75, 3.05) is 7.11 Å². The van der Waals surface area contributed by atoms with Crippen LogP contribution in [0.4, 0.5) is 0 Å². The first-order valence-electron chi connectivity index (χ1n) is 5.87. The molecule has 0 aliphatic carbocycles. The zero-order chi connectivity index (χ0) is 13.0. The van der Waals surface area contributed by atoms with Crippen LogP contribution in [0.15, 0.2) is 36.1 Å². The maximum atomic E-state index is 11.3. The number of carbonyl (C=O) groups excluding carboxylic acids is 1. The van der Waals surface area contributed by atoms with Gasteiger partial charge in [-0.1, -0.05) is 23.7 Å². The lowest BCUT2D eigenvalue weighted by atomic mass is 10.0. The number of hydrogen-bond acceptors (Lipinski definition) is 3. The molecule has 0 radical (unpaired) electrons. The number of rotatable bonds is 4. The quantitative estimate of drug-likeness (QED) is 0.786. The molecule has 0 amide bonds. The number of ether oxygens (including phenoxy) is 2. The number of carbonyl (C=O) groups is 1. The van der Waals surface area contributed by atoms with Gasteiger partial charge in [0.05, 0.1) is 13.2 Å². The Bertz CT molecular complexity index is 468. The van der Waals surface area contributed by atoms with Crippen LogP contribution < -0.4 is 0 Å². The fourth-order valence-corrected chi connectivity index (χ4v) is 2.19. The minimum Gasteiger partial charge on any atom is -0.501 e. The molecule has 1 aliphatic rings. The second kappa shape index (κ2) is 5.91. The Balaban J connectivity index is 1.91. The summed E-state index contributed by atoms with van der Waals surface area (Å²) in [5.41, 5.74) is 1.15. The van der Waals surface area contributed by atoms with Crippen molar-refractivity contribution >= 4 is 17.6 Å². The van der Waals surface area contributed by atoms with Gasteiger partial charge in [0.25, 0.3) is 0 Å². The van der Waals surface area contributed by atoms with Gasteiger partial charge in [-0.15, -0.1) is 0 Å². The fourth-order valence-electron chi connectivity index (χ4n) is 1.98. The lowest BCUT2D eigenvalue weighted by Gasteiger charge is -2.22. The number of aryl methyl sites for hydroxylation is 1. The second-order valence-corrected chi connectivity index (χ2v) is 4.68. The van der Waals surface area contributed by atoms with Gasteiger partial charge in [0.1, 0.15) is 11.9 Å². The molecule has 0 N–H and O–H groups in total. The molecular weight excluding hydrogens is 252 g/mol. The predicted octanol–water partition coefficient (Wildman–Crippen LogP) is 3.12. The zero-order valence-corrected chi connectivity index (χ0v) is 10.9. The van der Waals surface area contributed by atoms with E-state index in [2.05, 4.69) is 0 Å². The summed E-state index contributed by atoms with van der Waals surface area (Å²) in [6.07, 6.45) is 3.53. The average Bonchev–Trinajstić information content (AvgIpc) is 2.36. The number of esters is 1. The van der Waals surface area contributed by atoms with Gasteiger partial charge in [0.2, 0.25) is 0 Å². The van der Waals surface area contributed by atoms with Gasteiger partial charge in [-0.3, -0.25) is 0 Å². The van der Waals surface area contributed by atoms with Crippen LogP contribution in [0.25, 0.3) is 0 Å². The Morgan fingerprint density at radius 1 is 1.50 bits per heavy atom. The molecule has 1 heterocycles. The standard InChI is InChI=1S/C14H15ClO3/c1-17-13-8-12(18-14(16)9-13)6-5-10-3-2-4-11(15)7-10/h2-4,7,9,12H,5-6,8H2,1H3. The van der Waals surface area contributed by atoms with Crippen molar-refractivity contribution in [2.24, 2.45) is 0 Å². The van der Waals surface area contributed by atoms with Crippen molar-refractivity contribution in [3.05, 3.63) is 46.7 Å². The van der Waals surface area contributed by atoms with Crippen molar-refractivity contribution in [3.63, 3.8) is 0 Å². The molecule has 0 aromatic heterocycles. The molecule has 1 aromatic rings. The molecule has 0 bridgehead atoms. The third-order valence-electron chi connectivity index (χ3n) is 2.90. The Kier molecular flexibility index (Phi) is 4.26. The van der Waals surface area contributed by atoms with Gasteiger partial charge < -0.3 is 9.47 Å². The summed E-state index contributed by atoms with van der Waals surface area (Å²) in [5.74, 6) is 0.358. The molecule has 0 saturated heterocycles. The molecule has 96 valence electrons. The van der Waals surface area contributed by atoms with Crippen LogP contribution in [0.3, 0.4) is 0 Å². The van der Waals surface area contributed by atoms with Crippen molar-refractivity contribution in [1.82, 2.24) is 0 Å². The first kappa shape index (κ1) is 13.0. The summed E-state index contributed by atoms with van der Waals surface area (Å²) in [4.78, 5) is 11.3. The van der Waals surface area contributed by atoms with Crippen molar-refractivity contribution < 1.29 is 14.3 Å².